The molecule has 6 rings (SSSR count). The van der Waals surface area contributed by atoms with Gasteiger partial charge >= 0.3 is 0 Å². The molecule has 0 amide bonds. The summed E-state index contributed by atoms with van der Waals surface area (Å²) in [5.74, 6) is 0.227. The van der Waals surface area contributed by atoms with E-state index in [2.05, 4.69) is 38.6 Å². The zero-order valence-electron chi connectivity index (χ0n) is 25.0. The second-order valence-electron chi connectivity index (χ2n) is 11.0. The van der Waals surface area contributed by atoms with E-state index >= 15 is 4.39 Å². The van der Waals surface area contributed by atoms with Gasteiger partial charge in [-0.1, -0.05) is 59.6 Å². The quantitative estimate of drug-likeness (QED) is 0.158. The molecule has 0 radical (unpaired) electrons. The smallest absolute Gasteiger partial charge is 0.218 e. The van der Waals surface area contributed by atoms with Gasteiger partial charge in [-0.3, -0.25) is 9.88 Å². The van der Waals surface area contributed by atoms with Crippen LogP contribution in [-0.4, -0.2) is 40.6 Å². The topological polar surface area (TPSA) is 75.2 Å². The van der Waals surface area contributed by atoms with Crippen LogP contribution in [0.2, 0.25) is 10.0 Å². The zero-order valence-corrected chi connectivity index (χ0v) is 26.5. The summed E-state index contributed by atoms with van der Waals surface area (Å²) < 4.78 is 21.2. The summed E-state index contributed by atoms with van der Waals surface area (Å²) in [7, 11) is 3.77. The van der Waals surface area contributed by atoms with Crippen LogP contribution < -0.4 is 15.4 Å². The molecule has 7 nitrogen and oxygen atoms in total. The van der Waals surface area contributed by atoms with E-state index in [9.17, 15) is 0 Å². The van der Waals surface area contributed by atoms with Crippen molar-refractivity contribution in [1.82, 2.24) is 25.2 Å². The van der Waals surface area contributed by atoms with Crippen LogP contribution in [0.15, 0.2) is 85.3 Å². The third-order valence-corrected chi connectivity index (χ3v) is 8.93. The summed E-state index contributed by atoms with van der Waals surface area (Å²) in [5.41, 5.74) is 5.95. The van der Waals surface area contributed by atoms with Crippen LogP contribution in [0.25, 0.3) is 22.4 Å². The summed E-state index contributed by atoms with van der Waals surface area (Å²) in [6, 6.07) is 21.1. The van der Waals surface area contributed by atoms with Crippen LogP contribution in [0.3, 0.4) is 0 Å². The van der Waals surface area contributed by atoms with Crippen molar-refractivity contribution in [3.8, 4) is 28.3 Å². The number of hydrogen-bond donors (Lipinski definition) is 2. The van der Waals surface area contributed by atoms with Gasteiger partial charge < -0.3 is 15.4 Å². The molecule has 45 heavy (non-hydrogen) atoms. The number of nitrogens with zero attached hydrogens (tertiary/aromatic N) is 4. The van der Waals surface area contributed by atoms with E-state index in [1.165, 1.54) is 0 Å². The van der Waals surface area contributed by atoms with Crippen molar-refractivity contribution in [3.05, 3.63) is 118 Å². The van der Waals surface area contributed by atoms with Gasteiger partial charge in [-0.05, 0) is 62.3 Å². The molecule has 1 atom stereocenters. The van der Waals surface area contributed by atoms with Gasteiger partial charge in [-0.25, -0.2) is 14.4 Å². The number of ether oxygens (including phenoxy) is 1. The second-order valence-corrected chi connectivity index (χ2v) is 11.7. The first-order chi connectivity index (χ1) is 21.9. The second kappa shape index (κ2) is 13.9. The molecule has 230 valence electrons. The summed E-state index contributed by atoms with van der Waals surface area (Å²) >= 11 is 14.0. The number of pyridine rings is 3. The lowest BCUT2D eigenvalue weighted by Crippen LogP contribution is -2.18. The van der Waals surface area contributed by atoms with Crippen molar-refractivity contribution in [3.63, 3.8) is 0 Å². The van der Waals surface area contributed by atoms with E-state index < -0.39 is 5.82 Å². The maximum atomic E-state index is 15.5. The van der Waals surface area contributed by atoms with E-state index in [1.807, 2.05) is 48.5 Å². The number of nitrogens with one attached hydrogen (secondary N) is 2. The van der Waals surface area contributed by atoms with Gasteiger partial charge in [0.15, 0.2) is 11.6 Å². The van der Waals surface area contributed by atoms with E-state index in [0.29, 0.717) is 51.5 Å². The van der Waals surface area contributed by atoms with Crippen LogP contribution in [0.4, 0.5) is 15.9 Å². The zero-order chi connectivity index (χ0) is 31.3. The Morgan fingerprint density at radius 2 is 1.73 bits per heavy atom. The summed E-state index contributed by atoms with van der Waals surface area (Å²) in [5, 5.41) is 7.23. The number of hydrogen-bond acceptors (Lipinski definition) is 7. The molecular weight excluding hydrogens is 610 g/mol. The van der Waals surface area contributed by atoms with Gasteiger partial charge in [0.25, 0.3) is 0 Å². The minimum Gasteiger partial charge on any atom is -0.481 e. The van der Waals surface area contributed by atoms with Crippen LogP contribution in [0.5, 0.6) is 5.88 Å². The fraction of sp³-hybridized carbons (Fsp3) is 0.229. The van der Waals surface area contributed by atoms with Crippen LogP contribution in [-0.2, 0) is 13.1 Å². The van der Waals surface area contributed by atoms with E-state index in [0.717, 1.165) is 41.6 Å². The lowest BCUT2D eigenvalue weighted by Gasteiger charge is -2.22. The molecule has 10 heteroatoms. The molecule has 2 N–H and O–H groups in total. The first-order valence-corrected chi connectivity index (χ1v) is 15.5. The molecular formula is C35H33Cl2FN6O. The normalized spacial score (nSPS) is 14.9. The molecule has 5 aromatic rings. The number of rotatable bonds is 10. The van der Waals surface area contributed by atoms with Gasteiger partial charge in [0.2, 0.25) is 5.88 Å². The van der Waals surface area contributed by atoms with Crippen LogP contribution >= 0.6 is 23.2 Å². The fourth-order valence-electron chi connectivity index (χ4n) is 5.77. The molecule has 0 bridgehead atoms. The highest BCUT2D eigenvalue weighted by molar-refractivity contribution is 6.39. The van der Waals surface area contributed by atoms with Crippen molar-refractivity contribution in [1.29, 1.82) is 0 Å². The molecule has 3 aromatic heterocycles. The monoisotopic (exact) mass is 642 g/mol. The SMILES string of the molecule is COc1nc(-c2cccc(-c3cccc(Nc4nccc(CNCc5cccnc5)c4F)c3Cl)c2Cl)ccc1C1CCCN1C. The van der Waals surface area contributed by atoms with Crippen molar-refractivity contribution in [2.24, 2.45) is 0 Å². The molecule has 1 saturated heterocycles. The highest BCUT2D eigenvalue weighted by atomic mass is 35.5. The molecule has 1 aliphatic rings. The molecule has 1 fully saturated rings. The Labute approximate surface area is 272 Å². The van der Waals surface area contributed by atoms with Crippen molar-refractivity contribution in [2.45, 2.75) is 32.0 Å². The Bertz CT molecular complexity index is 1810. The van der Waals surface area contributed by atoms with Crippen LogP contribution in [0, 0.1) is 5.82 Å². The Morgan fingerprint density at radius 1 is 0.933 bits per heavy atom. The van der Waals surface area contributed by atoms with E-state index in [4.69, 9.17) is 32.9 Å². The lowest BCUT2D eigenvalue weighted by atomic mass is 9.99. The Balaban J connectivity index is 1.25. The highest BCUT2D eigenvalue weighted by Gasteiger charge is 2.27. The van der Waals surface area contributed by atoms with Gasteiger partial charge in [0, 0.05) is 65.5 Å². The predicted octanol–water partition coefficient (Wildman–Crippen LogP) is 8.46. The molecule has 2 aromatic carbocycles. The number of anilines is 2. The number of halogens is 3. The number of methoxy groups -OCH3 is 1. The summed E-state index contributed by atoms with van der Waals surface area (Å²) in [4.78, 5) is 15.5. The minimum atomic E-state index is -0.454. The van der Waals surface area contributed by atoms with Crippen LogP contribution in [0.1, 0.15) is 35.6 Å². The largest absolute Gasteiger partial charge is 0.481 e. The minimum absolute atomic E-state index is 0.0823. The molecule has 1 unspecified atom stereocenters. The molecule has 0 aliphatic carbocycles. The van der Waals surface area contributed by atoms with Gasteiger partial charge in [-0.15, -0.1) is 0 Å². The third-order valence-electron chi connectivity index (χ3n) is 8.12. The Hall–Kier alpha value is -4.08. The van der Waals surface area contributed by atoms with Gasteiger partial charge in [-0.2, -0.15) is 0 Å². The maximum absolute atomic E-state index is 15.5. The standard InChI is InChI=1S/C35H33Cl2FN6O/c1-44-18-6-12-30(44)27-13-14-28(43-35(27)45-2)26-10-3-8-24(31(26)36)25-9-4-11-29(32(25)37)42-34-33(38)23(15-17-41-34)21-40-20-22-7-5-16-39-19-22/h3-5,7-11,13-17,19,30,40H,6,12,18,20-21H2,1-2H3,(H,41,42). The predicted molar refractivity (Wildman–Crippen MR) is 179 cm³/mol. The Morgan fingerprint density at radius 3 is 2.49 bits per heavy atom. The van der Waals surface area contributed by atoms with Gasteiger partial charge in [0.1, 0.15) is 0 Å². The highest BCUT2D eigenvalue weighted by Crippen LogP contribution is 2.43. The maximum Gasteiger partial charge on any atom is 0.218 e. The molecule has 0 saturated carbocycles. The third kappa shape index (κ3) is 6.65. The number of benzene rings is 2. The first kappa shape index (κ1) is 30.9. The van der Waals surface area contributed by atoms with E-state index in [-0.39, 0.29) is 11.9 Å². The van der Waals surface area contributed by atoms with Gasteiger partial charge in [0.05, 0.1) is 28.5 Å². The fourth-order valence-corrected chi connectivity index (χ4v) is 6.37. The average molecular weight is 644 g/mol. The molecule has 4 heterocycles. The van der Waals surface area contributed by atoms with E-state index in [1.54, 1.807) is 37.8 Å². The van der Waals surface area contributed by atoms with Crippen molar-refractivity contribution >= 4 is 34.7 Å². The molecule has 1 aliphatic heterocycles. The summed E-state index contributed by atoms with van der Waals surface area (Å²) in [6.07, 6.45) is 7.28. The number of likely N-dealkylation sites (tertiary alicyclic amines) is 1. The summed E-state index contributed by atoms with van der Waals surface area (Å²) in [6.45, 7) is 1.94. The molecule has 0 spiro atoms. The van der Waals surface area contributed by atoms with Crippen molar-refractivity contribution < 1.29 is 9.13 Å². The Kier molecular flexibility index (Phi) is 9.56. The van der Waals surface area contributed by atoms with Crippen molar-refractivity contribution in [2.75, 3.05) is 26.0 Å². The number of aromatic nitrogens is 3. The average Bonchev–Trinajstić information content (AvgIpc) is 3.49. The first-order valence-electron chi connectivity index (χ1n) is 14.8. The lowest BCUT2D eigenvalue weighted by molar-refractivity contribution is 0.302.